The maximum absolute atomic E-state index is 13.5. The molecule has 1 atom stereocenters. The summed E-state index contributed by atoms with van der Waals surface area (Å²) in [6.07, 6.45) is 4.86. The van der Waals surface area contributed by atoms with Gasteiger partial charge in [0.15, 0.2) is 0 Å². The van der Waals surface area contributed by atoms with Crippen molar-refractivity contribution in [1.29, 1.82) is 0 Å². The lowest BCUT2D eigenvalue weighted by Crippen LogP contribution is -2.50. The van der Waals surface area contributed by atoms with Crippen LogP contribution in [0.25, 0.3) is 22.4 Å². The van der Waals surface area contributed by atoms with Crippen molar-refractivity contribution in [3.8, 4) is 11.3 Å². The quantitative estimate of drug-likeness (QED) is 0.276. The maximum atomic E-state index is 13.5. The van der Waals surface area contributed by atoms with E-state index in [1.807, 2.05) is 47.4 Å². The van der Waals surface area contributed by atoms with Crippen LogP contribution in [0, 0.1) is 6.92 Å². The van der Waals surface area contributed by atoms with Crippen molar-refractivity contribution in [3.05, 3.63) is 102 Å². The van der Waals surface area contributed by atoms with Crippen molar-refractivity contribution in [2.75, 3.05) is 31.1 Å². The van der Waals surface area contributed by atoms with Crippen LogP contribution in [-0.2, 0) is 11.2 Å². The Hall–Kier alpha value is -4.59. The number of pyridine rings is 1. The molecule has 40 heavy (non-hydrogen) atoms. The molecule has 6 rings (SSSR count). The molecule has 0 bridgehead atoms. The van der Waals surface area contributed by atoms with Gasteiger partial charge in [0.1, 0.15) is 22.7 Å². The average Bonchev–Trinajstić information content (AvgIpc) is 3.43. The van der Waals surface area contributed by atoms with Gasteiger partial charge in [-0.15, -0.1) is 0 Å². The van der Waals surface area contributed by atoms with Gasteiger partial charge in [0, 0.05) is 50.6 Å². The highest BCUT2D eigenvalue weighted by Crippen LogP contribution is 2.34. The van der Waals surface area contributed by atoms with E-state index in [1.165, 1.54) is 5.56 Å². The second-order valence-corrected chi connectivity index (χ2v) is 10.3. The van der Waals surface area contributed by atoms with E-state index in [-0.39, 0.29) is 11.8 Å². The molecule has 2 aromatic carbocycles. The Labute approximate surface area is 233 Å². The number of piperazine rings is 1. The summed E-state index contributed by atoms with van der Waals surface area (Å²) in [5.41, 5.74) is 5.39. The molecule has 0 unspecified atom stereocenters. The summed E-state index contributed by atoms with van der Waals surface area (Å²) in [5.74, 6) is 1.51. The van der Waals surface area contributed by atoms with Gasteiger partial charge >= 0.3 is 0 Å². The number of carbonyl (C=O) groups excluding carboxylic acids is 1. The van der Waals surface area contributed by atoms with E-state index in [2.05, 4.69) is 53.2 Å². The predicted molar refractivity (Wildman–Crippen MR) is 155 cm³/mol. The standard InChI is InChI=1S/C32H32N6O2/c1-3-26(24-8-5-4-6-9-24)32(39)38-18-16-37(17-19-38)30-28-29(25-10-7-15-33-21-25)36-40-31(28)35-27(34-30)20-23-13-11-22(2)12-14-23/h4-15,21,26H,3,16-20H2,1-2H3/t26-/m1/s1. The number of amides is 1. The van der Waals surface area contributed by atoms with Gasteiger partial charge in [0.2, 0.25) is 5.91 Å². The fourth-order valence-electron chi connectivity index (χ4n) is 5.37. The molecule has 4 heterocycles. The van der Waals surface area contributed by atoms with Crippen molar-refractivity contribution in [1.82, 2.24) is 25.0 Å². The summed E-state index contributed by atoms with van der Waals surface area (Å²) in [6.45, 7) is 6.70. The molecule has 0 saturated carbocycles. The maximum Gasteiger partial charge on any atom is 0.263 e. The Morgan fingerprint density at radius 1 is 0.950 bits per heavy atom. The van der Waals surface area contributed by atoms with E-state index >= 15 is 0 Å². The molecule has 1 aliphatic heterocycles. The monoisotopic (exact) mass is 532 g/mol. The number of nitrogens with zero attached hydrogens (tertiary/aromatic N) is 6. The second-order valence-electron chi connectivity index (χ2n) is 10.3. The Kier molecular flexibility index (Phi) is 7.23. The summed E-state index contributed by atoms with van der Waals surface area (Å²) >= 11 is 0. The first-order chi connectivity index (χ1) is 19.6. The van der Waals surface area contributed by atoms with Crippen LogP contribution in [0.2, 0.25) is 0 Å². The largest absolute Gasteiger partial charge is 0.352 e. The molecule has 1 saturated heterocycles. The highest BCUT2D eigenvalue weighted by Gasteiger charge is 2.30. The molecule has 8 nitrogen and oxygen atoms in total. The highest BCUT2D eigenvalue weighted by molar-refractivity contribution is 5.98. The molecular formula is C32H32N6O2. The number of fused-ring (bicyclic) bond motifs is 1. The highest BCUT2D eigenvalue weighted by atomic mass is 16.5. The zero-order valence-corrected chi connectivity index (χ0v) is 22.8. The van der Waals surface area contributed by atoms with E-state index in [1.54, 1.807) is 12.4 Å². The zero-order valence-electron chi connectivity index (χ0n) is 22.8. The van der Waals surface area contributed by atoms with Gasteiger partial charge in [-0.2, -0.15) is 4.98 Å². The minimum Gasteiger partial charge on any atom is -0.352 e. The van der Waals surface area contributed by atoms with E-state index in [9.17, 15) is 4.79 Å². The molecule has 5 aromatic rings. The first kappa shape index (κ1) is 25.7. The Bertz CT molecular complexity index is 1590. The molecule has 0 spiro atoms. The van der Waals surface area contributed by atoms with Crippen LogP contribution in [-0.4, -0.2) is 57.1 Å². The number of anilines is 1. The predicted octanol–water partition coefficient (Wildman–Crippen LogP) is 5.42. The number of carbonyl (C=O) groups is 1. The number of aryl methyl sites for hydroxylation is 1. The van der Waals surface area contributed by atoms with Gasteiger partial charge in [0.25, 0.3) is 5.71 Å². The fraction of sp³-hybridized carbons (Fsp3) is 0.281. The van der Waals surface area contributed by atoms with Crippen LogP contribution in [0.4, 0.5) is 5.82 Å². The minimum atomic E-state index is -0.130. The van der Waals surface area contributed by atoms with Crippen molar-refractivity contribution in [2.24, 2.45) is 0 Å². The number of benzene rings is 2. The van der Waals surface area contributed by atoms with E-state index in [4.69, 9.17) is 14.5 Å². The lowest BCUT2D eigenvalue weighted by Gasteiger charge is -2.37. The van der Waals surface area contributed by atoms with E-state index in [0.29, 0.717) is 49.8 Å². The lowest BCUT2D eigenvalue weighted by atomic mass is 9.95. The van der Waals surface area contributed by atoms with E-state index < -0.39 is 0 Å². The number of hydrogen-bond donors (Lipinski definition) is 0. The van der Waals surface area contributed by atoms with Gasteiger partial charge in [-0.3, -0.25) is 9.78 Å². The fourth-order valence-corrected chi connectivity index (χ4v) is 5.37. The van der Waals surface area contributed by atoms with Crippen molar-refractivity contribution >= 4 is 22.8 Å². The molecular weight excluding hydrogens is 500 g/mol. The molecule has 202 valence electrons. The average molecular weight is 533 g/mol. The van der Waals surface area contributed by atoms with Crippen LogP contribution in [0.15, 0.2) is 83.6 Å². The van der Waals surface area contributed by atoms with Crippen LogP contribution >= 0.6 is 0 Å². The van der Waals surface area contributed by atoms with Gasteiger partial charge in [-0.1, -0.05) is 72.2 Å². The first-order valence-electron chi connectivity index (χ1n) is 13.8. The van der Waals surface area contributed by atoms with Gasteiger partial charge in [-0.05, 0) is 36.6 Å². The lowest BCUT2D eigenvalue weighted by molar-refractivity contribution is -0.133. The Balaban J connectivity index is 1.31. The molecule has 1 amide bonds. The van der Waals surface area contributed by atoms with Gasteiger partial charge in [0.05, 0.1) is 5.92 Å². The Morgan fingerprint density at radius 3 is 2.42 bits per heavy atom. The summed E-state index contributed by atoms with van der Waals surface area (Å²) in [6, 6.07) is 22.3. The number of hydrogen-bond acceptors (Lipinski definition) is 7. The van der Waals surface area contributed by atoms with Gasteiger partial charge < -0.3 is 14.3 Å². The first-order valence-corrected chi connectivity index (χ1v) is 13.8. The number of rotatable bonds is 7. The summed E-state index contributed by atoms with van der Waals surface area (Å²) in [7, 11) is 0. The third kappa shape index (κ3) is 5.17. The van der Waals surface area contributed by atoms with Crippen molar-refractivity contribution in [3.63, 3.8) is 0 Å². The van der Waals surface area contributed by atoms with Crippen molar-refractivity contribution < 1.29 is 9.32 Å². The van der Waals surface area contributed by atoms with Crippen LogP contribution in [0.3, 0.4) is 0 Å². The minimum absolute atomic E-state index is 0.130. The summed E-state index contributed by atoms with van der Waals surface area (Å²) in [5, 5.41) is 5.16. The SMILES string of the molecule is CC[C@@H](C(=O)N1CCN(c2nc(Cc3ccc(C)cc3)nc3onc(-c4cccnc4)c23)CC1)c1ccccc1. The van der Waals surface area contributed by atoms with Crippen LogP contribution < -0.4 is 4.90 Å². The van der Waals surface area contributed by atoms with Crippen LogP contribution in [0.1, 0.15) is 41.8 Å². The normalized spacial score (nSPS) is 14.4. The smallest absolute Gasteiger partial charge is 0.263 e. The van der Waals surface area contributed by atoms with Crippen LogP contribution in [0.5, 0.6) is 0 Å². The number of aromatic nitrogens is 4. The third-order valence-electron chi connectivity index (χ3n) is 7.58. The third-order valence-corrected chi connectivity index (χ3v) is 7.58. The summed E-state index contributed by atoms with van der Waals surface area (Å²) in [4.78, 5) is 31.8. The molecule has 3 aromatic heterocycles. The second kappa shape index (κ2) is 11.3. The molecule has 0 N–H and O–H groups in total. The molecule has 1 fully saturated rings. The molecule has 1 aliphatic rings. The molecule has 8 heteroatoms. The topological polar surface area (TPSA) is 88.3 Å². The van der Waals surface area contributed by atoms with Gasteiger partial charge in [-0.25, -0.2) is 4.98 Å². The molecule has 0 radical (unpaired) electrons. The zero-order chi connectivity index (χ0) is 27.5. The molecule has 0 aliphatic carbocycles. The summed E-state index contributed by atoms with van der Waals surface area (Å²) < 4.78 is 5.77. The Morgan fingerprint density at radius 2 is 1.73 bits per heavy atom. The van der Waals surface area contributed by atoms with E-state index in [0.717, 1.165) is 34.3 Å². The van der Waals surface area contributed by atoms with Crippen molar-refractivity contribution in [2.45, 2.75) is 32.6 Å².